The van der Waals surface area contributed by atoms with E-state index in [4.69, 9.17) is 4.74 Å². The minimum atomic E-state index is -3.82. The summed E-state index contributed by atoms with van der Waals surface area (Å²) in [4.78, 5) is 12.3. The molecule has 6 nitrogen and oxygen atoms in total. The number of anilines is 1. The molecule has 0 radical (unpaired) electrons. The lowest BCUT2D eigenvalue weighted by atomic mass is 10.2. The molecule has 0 bridgehead atoms. The SMILES string of the molecule is O=C(Nc1cccc(Br)c1)c1cc(S(=O)(=O)N2CCOCC2)ccc1F. The maximum absolute atomic E-state index is 14.1. The van der Waals surface area contributed by atoms with Gasteiger partial charge in [0.15, 0.2) is 0 Å². The van der Waals surface area contributed by atoms with E-state index < -0.39 is 21.7 Å². The number of carbonyl (C=O) groups is 1. The summed E-state index contributed by atoms with van der Waals surface area (Å²) in [6.45, 7) is 1.05. The second-order valence-electron chi connectivity index (χ2n) is 5.62. The van der Waals surface area contributed by atoms with Gasteiger partial charge in [0.25, 0.3) is 5.91 Å². The van der Waals surface area contributed by atoms with Crippen LogP contribution in [0.5, 0.6) is 0 Å². The summed E-state index contributed by atoms with van der Waals surface area (Å²) in [7, 11) is -3.82. The average Bonchev–Trinajstić information content (AvgIpc) is 2.62. The minimum Gasteiger partial charge on any atom is -0.379 e. The van der Waals surface area contributed by atoms with Gasteiger partial charge in [0.2, 0.25) is 10.0 Å². The van der Waals surface area contributed by atoms with Crippen LogP contribution in [0.3, 0.4) is 0 Å². The summed E-state index contributed by atoms with van der Waals surface area (Å²) < 4.78 is 46.7. The molecule has 0 aliphatic carbocycles. The quantitative estimate of drug-likeness (QED) is 0.789. The van der Waals surface area contributed by atoms with Crippen molar-refractivity contribution >= 4 is 37.5 Å². The van der Waals surface area contributed by atoms with Gasteiger partial charge in [0.1, 0.15) is 5.82 Å². The van der Waals surface area contributed by atoms with E-state index in [1.54, 1.807) is 24.3 Å². The van der Waals surface area contributed by atoms with Crippen molar-refractivity contribution < 1.29 is 22.3 Å². The van der Waals surface area contributed by atoms with Gasteiger partial charge < -0.3 is 10.1 Å². The fourth-order valence-electron chi connectivity index (χ4n) is 2.54. The summed E-state index contributed by atoms with van der Waals surface area (Å²) in [5.41, 5.74) is 0.129. The monoisotopic (exact) mass is 442 g/mol. The topological polar surface area (TPSA) is 75.7 Å². The van der Waals surface area contributed by atoms with Crippen molar-refractivity contribution in [3.63, 3.8) is 0 Å². The van der Waals surface area contributed by atoms with Crippen molar-refractivity contribution in [2.45, 2.75) is 4.90 Å². The van der Waals surface area contributed by atoms with Crippen molar-refractivity contribution in [1.82, 2.24) is 4.31 Å². The number of amides is 1. The van der Waals surface area contributed by atoms with Gasteiger partial charge in [0.05, 0.1) is 23.7 Å². The number of carbonyl (C=O) groups excluding carboxylic acids is 1. The Balaban J connectivity index is 1.88. The summed E-state index contributed by atoms with van der Waals surface area (Å²) in [6, 6.07) is 10.0. The fourth-order valence-corrected chi connectivity index (χ4v) is 4.37. The second kappa shape index (κ2) is 7.83. The van der Waals surface area contributed by atoms with Crippen molar-refractivity contribution in [2.75, 3.05) is 31.6 Å². The van der Waals surface area contributed by atoms with E-state index in [1.807, 2.05) is 0 Å². The number of ether oxygens (including phenoxy) is 1. The molecule has 26 heavy (non-hydrogen) atoms. The van der Waals surface area contributed by atoms with Crippen molar-refractivity contribution in [2.24, 2.45) is 0 Å². The zero-order valence-corrected chi connectivity index (χ0v) is 16.0. The number of halogens is 2. The predicted octanol–water partition coefficient (Wildman–Crippen LogP) is 2.86. The molecule has 3 rings (SSSR count). The highest BCUT2D eigenvalue weighted by molar-refractivity contribution is 9.10. The molecule has 1 amide bonds. The van der Waals surface area contributed by atoms with Gasteiger partial charge in [-0.3, -0.25) is 4.79 Å². The number of benzene rings is 2. The molecule has 2 aromatic rings. The zero-order valence-electron chi connectivity index (χ0n) is 13.6. The largest absolute Gasteiger partial charge is 0.379 e. The molecule has 1 aliphatic rings. The van der Waals surface area contributed by atoms with Crippen molar-refractivity contribution in [1.29, 1.82) is 0 Å². The first-order chi connectivity index (χ1) is 12.4. The number of morpholine rings is 1. The van der Waals surface area contributed by atoms with E-state index in [-0.39, 0.29) is 23.5 Å². The Hall–Kier alpha value is -1.81. The van der Waals surface area contributed by atoms with Gasteiger partial charge in [0, 0.05) is 23.2 Å². The van der Waals surface area contributed by atoms with Crippen LogP contribution < -0.4 is 5.32 Å². The Kier molecular flexibility index (Phi) is 5.71. The van der Waals surface area contributed by atoms with E-state index in [2.05, 4.69) is 21.2 Å². The summed E-state index contributed by atoms with van der Waals surface area (Å²) >= 11 is 3.28. The van der Waals surface area contributed by atoms with Crippen LogP contribution in [0, 0.1) is 5.82 Å². The molecule has 0 saturated carbocycles. The lowest BCUT2D eigenvalue weighted by Gasteiger charge is -2.26. The number of sulfonamides is 1. The van der Waals surface area contributed by atoms with E-state index in [1.165, 1.54) is 4.31 Å². The van der Waals surface area contributed by atoms with Crippen LogP contribution in [0.2, 0.25) is 0 Å². The minimum absolute atomic E-state index is 0.125. The van der Waals surface area contributed by atoms with Gasteiger partial charge >= 0.3 is 0 Å². The molecule has 0 unspecified atom stereocenters. The molecule has 138 valence electrons. The molecule has 0 spiro atoms. The fraction of sp³-hybridized carbons (Fsp3) is 0.235. The second-order valence-corrected chi connectivity index (χ2v) is 8.48. The van der Waals surface area contributed by atoms with Gasteiger partial charge in [-0.05, 0) is 36.4 Å². The molecular formula is C17H16BrFN2O4S. The van der Waals surface area contributed by atoms with Crippen LogP contribution in [-0.2, 0) is 14.8 Å². The highest BCUT2D eigenvalue weighted by Gasteiger charge is 2.27. The Labute approximate surface area is 159 Å². The molecule has 1 fully saturated rings. The Morgan fingerprint density at radius 1 is 1.15 bits per heavy atom. The highest BCUT2D eigenvalue weighted by Crippen LogP contribution is 2.22. The molecular weight excluding hydrogens is 427 g/mol. The smallest absolute Gasteiger partial charge is 0.258 e. The van der Waals surface area contributed by atoms with Crippen LogP contribution in [0.4, 0.5) is 10.1 Å². The molecule has 0 atom stereocenters. The number of rotatable bonds is 4. The first-order valence-corrected chi connectivity index (χ1v) is 10.1. The van der Waals surface area contributed by atoms with Crippen LogP contribution in [-0.4, -0.2) is 44.9 Å². The maximum Gasteiger partial charge on any atom is 0.258 e. The summed E-state index contributed by atoms with van der Waals surface area (Å²) in [5, 5.41) is 2.56. The molecule has 1 heterocycles. The third-order valence-corrected chi connectivity index (χ3v) is 6.26. The van der Waals surface area contributed by atoms with Crippen LogP contribution >= 0.6 is 15.9 Å². The van der Waals surface area contributed by atoms with E-state index in [0.29, 0.717) is 18.9 Å². The molecule has 1 N–H and O–H groups in total. The number of hydrogen-bond acceptors (Lipinski definition) is 4. The molecule has 9 heteroatoms. The van der Waals surface area contributed by atoms with Crippen molar-refractivity contribution in [3.8, 4) is 0 Å². The van der Waals surface area contributed by atoms with E-state index >= 15 is 0 Å². The summed E-state index contributed by atoms with van der Waals surface area (Å²) in [5.74, 6) is -1.52. The van der Waals surface area contributed by atoms with Gasteiger partial charge in [-0.15, -0.1) is 0 Å². The highest BCUT2D eigenvalue weighted by atomic mass is 79.9. The average molecular weight is 443 g/mol. The first kappa shape index (κ1) is 19.0. The lowest BCUT2D eigenvalue weighted by Crippen LogP contribution is -2.40. The van der Waals surface area contributed by atoms with Crippen LogP contribution in [0.15, 0.2) is 51.8 Å². The molecule has 2 aromatic carbocycles. The van der Waals surface area contributed by atoms with E-state index in [0.717, 1.165) is 22.7 Å². The summed E-state index contributed by atoms with van der Waals surface area (Å²) in [6.07, 6.45) is 0. The van der Waals surface area contributed by atoms with Gasteiger partial charge in [-0.1, -0.05) is 22.0 Å². The predicted molar refractivity (Wildman–Crippen MR) is 98.1 cm³/mol. The lowest BCUT2D eigenvalue weighted by molar-refractivity contribution is 0.0730. The van der Waals surface area contributed by atoms with Crippen LogP contribution in [0.25, 0.3) is 0 Å². The standard InChI is InChI=1S/C17H16BrFN2O4S/c18-12-2-1-3-13(10-12)20-17(22)15-11-14(4-5-16(15)19)26(23,24)21-6-8-25-9-7-21/h1-5,10-11H,6-9H2,(H,20,22). The Morgan fingerprint density at radius 3 is 2.58 bits per heavy atom. The molecule has 0 aromatic heterocycles. The zero-order chi connectivity index (χ0) is 18.7. The molecule has 1 saturated heterocycles. The van der Waals surface area contributed by atoms with Gasteiger partial charge in [-0.25, -0.2) is 12.8 Å². The normalized spacial score (nSPS) is 15.6. The molecule has 1 aliphatic heterocycles. The Bertz CT molecular complexity index is 930. The van der Waals surface area contributed by atoms with Gasteiger partial charge in [-0.2, -0.15) is 4.31 Å². The number of hydrogen-bond donors (Lipinski definition) is 1. The third kappa shape index (κ3) is 4.12. The first-order valence-electron chi connectivity index (χ1n) is 7.82. The number of nitrogens with one attached hydrogen (secondary N) is 1. The maximum atomic E-state index is 14.1. The number of nitrogens with zero attached hydrogens (tertiary/aromatic N) is 1. The third-order valence-electron chi connectivity index (χ3n) is 3.87. The van der Waals surface area contributed by atoms with E-state index in [9.17, 15) is 17.6 Å². The Morgan fingerprint density at radius 2 is 1.88 bits per heavy atom. The van der Waals surface area contributed by atoms with Crippen molar-refractivity contribution in [3.05, 3.63) is 58.3 Å². The van der Waals surface area contributed by atoms with Crippen LogP contribution in [0.1, 0.15) is 10.4 Å².